The first kappa shape index (κ1) is 25.8. The van der Waals surface area contributed by atoms with Gasteiger partial charge in [-0.3, -0.25) is 15.0 Å². The van der Waals surface area contributed by atoms with Crippen LogP contribution in [0.2, 0.25) is 0 Å². The molecule has 0 fully saturated rings. The highest BCUT2D eigenvalue weighted by molar-refractivity contribution is 6.07. The van der Waals surface area contributed by atoms with E-state index >= 15 is 0 Å². The number of aliphatic imine (C=N–C) groups is 1. The summed E-state index contributed by atoms with van der Waals surface area (Å²) in [5.41, 5.74) is 20.2. The molecule has 38 heavy (non-hydrogen) atoms. The molecule has 0 spiro atoms. The largest absolute Gasteiger partial charge is 0.370 e. The lowest BCUT2D eigenvalue weighted by Crippen LogP contribution is -2.39. The fourth-order valence-corrected chi connectivity index (χ4v) is 3.73. The summed E-state index contributed by atoms with van der Waals surface area (Å²) in [7, 11) is 0. The van der Waals surface area contributed by atoms with Gasteiger partial charge in [0.05, 0.1) is 12.2 Å². The first-order chi connectivity index (χ1) is 18.3. The molecule has 194 valence electrons. The Balaban J connectivity index is 1.31. The molecule has 4 rings (SSSR count). The molecular formula is C26H28N10O2. The average Bonchev–Trinajstić information content (AvgIpc) is 2.93. The van der Waals surface area contributed by atoms with Gasteiger partial charge in [-0.15, -0.1) is 10.2 Å². The number of hydrogen-bond acceptors (Lipinski definition) is 6. The van der Waals surface area contributed by atoms with Crippen LogP contribution in [-0.2, 0) is 6.54 Å². The van der Waals surface area contributed by atoms with Crippen LogP contribution in [0.3, 0.4) is 0 Å². The lowest BCUT2D eigenvalue weighted by atomic mass is 10.0. The Morgan fingerprint density at radius 2 is 1.55 bits per heavy atom. The van der Waals surface area contributed by atoms with Crippen LogP contribution in [0.25, 0.3) is 5.57 Å². The van der Waals surface area contributed by atoms with Crippen LogP contribution in [0.4, 0.5) is 11.5 Å². The van der Waals surface area contributed by atoms with Crippen LogP contribution in [0, 0.1) is 5.41 Å². The van der Waals surface area contributed by atoms with Crippen LogP contribution in [0.15, 0.2) is 71.7 Å². The second-order valence-electron chi connectivity index (χ2n) is 8.54. The van der Waals surface area contributed by atoms with Crippen molar-refractivity contribution in [1.82, 2.24) is 15.1 Å². The van der Waals surface area contributed by atoms with Crippen LogP contribution in [-0.4, -0.2) is 51.9 Å². The molecule has 0 saturated heterocycles. The smallest absolute Gasteiger partial charge is 0.256 e. The predicted octanol–water partition coefficient (Wildman–Crippen LogP) is 1.74. The number of benzene rings is 2. The Hall–Kier alpha value is -5.26. The molecule has 0 bridgehead atoms. The van der Waals surface area contributed by atoms with Gasteiger partial charge in [0.1, 0.15) is 0 Å². The maximum Gasteiger partial charge on any atom is 0.256 e. The molecule has 2 heterocycles. The minimum Gasteiger partial charge on any atom is -0.370 e. The lowest BCUT2D eigenvalue weighted by Gasteiger charge is -2.26. The van der Waals surface area contributed by atoms with E-state index in [1.165, 1.54) is 0 Å². The Morgan fingerprint density at radius 3 is 2.08 bits per heavy atom. The van der Waals surface area contributed by atoms with Crippen LogP contribution in [0.5, 0.6) is 0 Å². The quantitative estimate of drug-likeness (QED) is 0.203. The van der Waals surface area contributed by atoms with Crippen LogP contribution >= 0.6 is 0 Å². The van der Waals surface area contributed by atoms with Crippen molar-refractivity contribution >= 4 is 40.8 Å². The third-order valence-corrected chi connectivity index (χ3v) is 5.85. The molecule has 12 nitrogen and oxygen atoms in total. The Bertz CT molecular complexity index is 1380. The number of guanidine groups is 2. The van der Waals surface area contributed by atoms with E-state index in [2.05, 4.69) is 25.8 Å². The molecule has 0 atom stereocenters. The summed E-state index contributed by atoms with van der Waals surface area (Å²) in [6.45, 7) is 1.54. The number of nitrogens with two attached hydrogens (primary N) is 3. The molecule has 0 radical (unpaired) electrons. The second-order valence-corrected chi connectivity index (χ2v) is 8.54. The molecular weight excluding hydrogens is 484 g/mol. The van der Waals surface area contributed by atoms with Crippen molar-refractivity contribution in [3.63, 3.8) is 0 Å². The summed E-state index contributed by atoms with van der Waals surface area (Å²) in [5, 5.41) is 21.3. The Kier molecular flexibility index (Phi) is 7.92. The maximum atomic E-state index is 12.6. The summed E-state index contributed by atoms with van der Waals surface area (Å²) in [6.07, 6.45) is 2.67. The Morgan fingerprint density at radius 1 is 0.895 bits per heavy atom. The van der Waals surface area contributed by atoms with Crippen molar-refractivity contribution in [2.45, 2.75) is 13.0 Å². The highest BCUT2D eigenvalue weighted by Gasteiger charge is 2.15. The number of nitrogens with one attached hydrogen (secondary N) is 3. The van der Waals surface area contributed by atoms with Crippen molar-refractivity contribution in [2.24, 2.45) is 22.2 Å². The molecule has 1 aliphatic rings. The van der Waals surface area contributed by atoms with E-state index < -0.39 is 0 Å². The number of hydrogen-bond donors (Lipinski definition) is 6. The van der Waals surface area contributed by atoms with Gasteiger partial charge in [-0.05, 0) is 66.1 Å². The number of rotatable bonds is 7. The molecule has 1 aliphatic heterocycles. The summed E-state index contributed by atoms with van der Waals surface area (Å²) >= 11 is 0. The summed E-state index contributed by atoms with van der Waals surface area (Å²) in [6, 6.07) is 16.9. The fraction of sp³-hybridized carbons (Fsp3) is 0.154. The van der Waals surface area contributed by atoms with Crippen molar-refractivity contribution in [2.75, 3.05) is 23.7 Å². The van der Waals surface area contributed by atoms with E-state index in [4.69, 9.17) is 22.6 Å². The van der Waals surface area contributed by atoms with Gasteiger partial charge in [0.2, 0.25) is 0 Å². The molecule has 3 aromatic rings. The maximum absolute atomic E-state index is 12.6. The fourth-order valence-electron chi connectivity index (χ4n) is 3.73. The van der Waals surface area contributed by atoms with Gasteiger partial charge in [-0.1, -0.05) is 18.2 Å². The van der Waals surface area contributed by atoms with Gasteiger partial charge < -0.3 is 32.7 Å². The lowest BCUT2D eigenvalue weighted by molar-refractivity contribution is 0.101. The number of carbonyl (C=O) groups excluding carboxylic acids is 2. The second kappa shape index (κ2) is 11.6. The van der Waals surface area contributed by atoms with E-state index in [0.717, 1.165) is 11.1 Å². The van der Waals surface area contributed by atoms with E-state index in [9.17, 15) is 9.59 Å². The van der Waals surface area contributed by atoms with Gasteiger partial charge in [-0.2, -0.15) is 0 Å². The zero-order chi connectivity index (χ0) is 27.1. The third-order valence-electron chi connectivity index (χ3n) is 5.85. The molecule has 2 amide bonds. The minimum absolute atomic E-state index is 0.0158. The third kappa shape index (κ3) is 6.69. The van der Waals surface area contributed by atoms with Gasteiger partial charge in [-0.25, -0.2) is 4.99 Å². The number of amides is 2. The van der Waals surface area contributed by atoms with Gasteiger partial charge in [0.25, 0.3) is 11.8 Å². The van der Waals surface area contributed by atoms with Gasteiger partial charge in [0, 0.05) is 29.9 Å². The molecule has 1 aromatic heterocycles. The van der Waals surface area contributed by atoms with Crippen molar-refractivity contribution in [1.29, 1.82) is 5.41 Å². The first-order valence-electron chi connectivity index (χ1n) is 11.8. The highest BCUT2D eigenvalue weighted by Crippen LogP contribution is 2.21. The molecule has 2 aromatic carbocycles. The average molecular weight is 513 g/mol. The summed E-state index contributed by atoms with van der Waals surface area (Å²) in [5.74, 6) is -0.305. The number of aromatic nitrogens is 2. The predicted molar refractivity (Wildman–Crippen MR) is 146 cm³/mol. The van der Waals surface area contributed by atoms with Gasteiger partial charge in [0.15, 0.2) is 17.7 Å². The van der Waals surface area contributed by atoms with E-state index in [-0.39, 0.29) is 23.7 Å². The number of nitrogens with zero attached hydrogens (tertiary/aromatic N) is 4. The number of carbonyl (C=O) groups is 2. The molecule has 12 heteroatoms. The van der Waals surface area contributed by atoms with Crippen molar-refractivity contribution < 1.29 is 9.59 Å². The molecule has 0 aliphatic carbocycles. The summed E-state index contributed by atoms with van der Waals surface area (Å²) < 4.78 is 0. The topological polar surface area (TPSA) is 201 Å². The monoisotopic (exact) mass is 512 g/mol. The normalized spacial score (nSPS) is 12.7. The summed E-state index contributed by atoms with van der Waals surface area (Å²) in [4.78, 5) is 30.9. The highest BCUT2D eigenvalue weighted by atomic mass is 16.2. The van der Waals surface area contributed by atoms with Gasteiger partial charge >= 0.3 is 0 Å². The zero-order valence-corrected chi connectivity index (χ0v) is 20.5. The minimum atomic E-state index is -0.371. The molecule has 0 saturated carbocycles. The molecule has 9 N–H and O–H groups in total. The first-order valence-corrected chi connectivity index (χ1v) is 11.8. The van der Waals surface area contributed by atoms with Crippen LogP contribution < -0.4 is 27.8 Å². The standard InChI is InChI=1S/C26H28N10O2/c27-25(28)31-15-16-1-7-20(8-2-16)32-23(37)18-3-5-19(6-4-18)24(38)33-22-10-9-21(34-35-22)17-11-13-36(14-12-17)26(29)30/h1-11H,12-15H2,(H3,29,30)(H,32,37)(H4,27,28,31)(H,33,35,38). The van der Waals surface area contributed by atoms with E-state index in [0.29, 0.717) is 54.4 Å². The zero-order valence-electron chi connectivity index (χ0n) is 20.5. The molecule has 0 unspecified atom stereocenters. The van der Waals surface area contributed by atoms with Crippen molar-refractivity contribution in [3.8, 4) is 0 Å². The van der Waals surface area contributed by atoms with E-state index in [1.54, 1.807) is 53.4 Å². The Labute approximate surface area is 219 Å². The van der Waals surface area contributed by atoms with Crippen LogP contribution in [0.1, 0.15) is 38.4 Å². The SMILES string of the molecule is N=C(N)N1CC=C(c2ccc(NC(=O)c3ccc(C(=O)Nc4ccc(CN=C(N)N)cc4)cc3)nn2)CC1. The van der Waals surface area contributed by atoms with Crippen molar-refractivity contribution in [3.05, 3.63) is 89.1 Å². The number of anilines is 2. The van der Waals surface area contributed by atoms with E-state index in [1.807, 2.05) is 18.2 Å².